The molecule has 0 bridgehead atoms. The molecule has 0 radical (unpaired) electrons. The van der Waals surface area contributed by atoms with Crippen molar-refractivity contribution in [3.8, 4) is 0 Å². The number of sulfonamides is 1. The van der Waals surface area contributed by atoms with Crippen LogP contribution in [0.25, 0.3) is 0 Å². The summed E-state index contributed by atoms with van der Waals surface area (Å²) in [6.07, 6.45) is 2.34. The molecule has 0 fully saturated rings. The minimum Gasteiger partial charge on any atom is -0.225 e. The highest BCUT2D eigenvalue weighted by Crippen LogP contribution is 2.08. The Morgan fingerprint density at radius 3 is 2.33 bits per heavy atom. The van der Waals surface area contributed by atoms with Crippen LogP contribution in [0.2, 0.25) is 5.28 Å². The van der Waals surface area contributed by atoms with Crippen molar-refractivity contribution in [3.05, 3.63) is 53.6 Å². The van der Waals surface area contributed by atoms with E-state index in [1.807, 2.05) is 30.3 Å². The van der Waals surface area contributed by atoms with Gasteiger partial charge in [-0.1, -0.05) is 30.3 Å². The van der Waals surface area contributed by atoms with Gasteiger partial charge in [0.25, 0.3) is 0 Å². The molecule has 0 unspecified atom stereocenters. The number of halogens is 1. The average molecular weight is 284 g/mol. The van der Waals surface area contributed by atoms with Crippen molar-refractivity contribution >= 4 is 21.6 Å². The fourth-order valence-corrected chi connectivity index (χ4v) is 2.30. The van der Waals surface area contributed by atoms with E-state index in [0.29, 0.717) is 0 Å². The molecule has 1 aromatic heterocycles. The molecule has 2 aromatic rings. The molecule has 0 aliphatic carbocycles. The van der Waals surface area contributed by atoms with Crippen molar-refractivity contribution in [1.29, 1.82) is 0 Å². The van der Waals surface area contributed by atoms with Crippen LogP contribution >= 0.6 is 11.6 Å². The van der Waals surface area contributed by atoms with Crippen molar-refractivity contribution in [2.75, 3.05) is 0 Å². The van der Waals surface area contributed by atoms with Crippen molar-refractivity contribution in [1.82, 2.24) is 14.7 Å². The van der Waals surface area contributed by atoms with Gasteiger partial charge in [0.15, 0.2) is 0 Å². The number of rotatable bonds is 4. The molecule has 0 saturated heterocycles. The predicted octanol–water partition coefficient (Wildman–Crippen LogP) is 1.61. The highest BCUT2D eigenvalue weighted by molar-refractivity contribution is 7.89. The zero-order valence-electron chi connectivity index (χ0n) is 9.25. The van der Waals surface area contributed by atoms with Gasteiger partial charge in [-0.25, -0.2) is 23.1 Å². The molecule has 1 heterocycles. The van der Waals surface area contributed by atoms with Crippen LogP contribution in [-0.4, -0.2) is 18.4 Å². The molecule has 1 aromatic carbocycles. The van der Waals surface area contributed by atoms with Gasteiger partial charge >= 0.3 is 0 Å². The Hall–Kier alpha value is -1.50. The van der Waals surface area contributed by atoms with Gasteiger partial charge in [-0.05, 0) is 17.2 Å². The van der Waals surface area contributed by atoms with Gasteiger partial charge in [0, 0.05) is 6.54 Å². The van der Waals surface area contributed by atoms with Crippen molar-refractivity contribution in [2.45, 2.75) is 11.4 Å². The van der Waals surface area contributed by atoms with Crippen LogP contribution in [0.5, 0.6) is 0 Å². The highest BCUT2D eigenvalue weighted by atomic mass is 35.5. The zero-order valence-corrected chi connectivity index (χ0v) is 10.8. The summed E-state index contributed by atoms with van der Waals surface area (Å²) in [5.41, 5.74) is 0.871. The third-order valence-corrected chi connectivity index (χ3v) is 3.77. The lowest BCUT2D eigenvalue weighted by Gasteiger charge is -2.05. The van der Waals surface area contributed by atoms with Gasteiger partial charge in [0.2, 0.25) is 15.3 Å². The van der Waals surface area contributed by atoms with Gasteiger partial charge in [-0.15, -0.1) is 0 Å². The first-order valence-electron chi connectivity index (χ1n) is 5.09. The van der Waals surface area contributed by atoms with Crippen LogP contribution in [-0.2, 0) is 16.6 Å². The first-order valence-corrected chi connectivity index (χ1v) is 6.95. The van der Waals surface area contributed by atoms with Crippen molar-refractivity contribution in [3.63, 3.8) is 0 Å². The fraction of sp³-hybridized carbons (Fsp3) is 0.0909. The number of nitrogens with zero attached hydrogens (tertiary/aromatic N) is 2. The molecule has 0 aliphatic heterocycles. The van der Waals surface area contributed by atoms with Gasteiger partial charge < -0.3 is 0 Å². The molecule has 0 aliphatic rings. The number of aromatic nitrogens is 2. The Bertz CT molecular complexity index is 614. The van der Waals surface area contributed by atoms with Crippen LogP contribution in [0.4, 0.5) is 0 Å². The monoisotopic (exact) mass is 283 g/mol. The summed E-state index contributed by atoms with van der Waals surface area (Å²) in [4.78, 5) is 7.26. The SMILES string of the molecule is O=S(=O)(NCc1ccccc1)c1cnc(Cl)nc1. The molecule has 7 heteroatoms. The topological polar surface area (TPSA) is 72.0 Å². The smallest absolute Gasteiger partial charge is 0.225 e. The standard InChI is InChI=1S/C11H10ClN3O2S/c12-11-13-7-10(8-14-11)18(16,17)15-6-9-4-2-1-3-5-9/h1-5,7-8,15H,6H2. The lowest BCUT2D eigenvalue weighted by molar-refractivity contribution is 0.580. The summed E-state index contributed by atoms with van der Waals surface area (Å²) in [5, 5.41) is 0.0111. The molecule has 0 atom stereocenters. The maximum absolute atomic E-state index is 11.9. The summed E-state index contributed by atoms with van der Waals surface area (Å²) in [5.74, 6) is 0. The molecule has 1 N–H and O–H groups in total. The third-order valence-electron chi connectivity index (χ3n) is 2.22. The number of benzene rings is 1. The zero-order chi connectivity index (χ0) is 13.0. The Balaban J connectivity index is 2.11. The summed E-state index contributed by atoms with van der Waals surface area (Å²) < 4.78 is 26.2. The van der Waals surface area contributed by atoms with E-state index in [-0.39, 0.29) is 16.7 Å². The van der Waals surface area contributed by atoms with E-state index in [4.69, 9.17) is 11.6 Å². The molecule has 94 valence electrons. The molecule has 5 nitrogen and oxygen atoms in total. The molecule has 0 saturated carbocycles. The first kappa shape index (κ1) is 12.9. The Kier molecular flexibility index (Phi) is 3.90. The van der Waals surface area contributed by atoms with Crippen LogP contribution in [0.15, 0.2) is 47.6 Å². The lowest BCUT2D eigenvalue weighted by Crippen LogP contribution is -2.23. The van der Waals surface area contributed by atoms with Crippen molar-refractivity contribution < 1.29 is 8.42 Å². The molecule has 0 amide bonds. The summed E-state index contributed by atoms with van der Waals surface area (Å²) in [7, 11) is -3.61. The molecule has 0 spiro atoms. The van der Waals surface area contributed by atoms with E-state index in [1.165, 1.54) is 12.4 Å². The molecule has 18 heavy (non-hydrogen) atoms. The van der Waals surface area contributed by atoms with Crippen LogP contribution in [0.3, 0.4) is 0 Å². The fourth-order valence-electron chi connectivity index (χ4n) is 1.30. The minimum atomic E-state index is -3.61. The average Bonchev–Trinajstić information content (AvgIpc) is 2.38. The van der Waals surface area contributed by atoms with Gasteiger partial charge in [0.1, 0.15) is 4.90 Å². The molecule has 2 rings (SSSR count). The largest absolute Gasteiger partial charge is 0.243 e. The summed E-state index contributed by atoms with van der Waals surface area (Å²) >= 11 is 5.50. The Morgan fingerprint density at radius 2 is 1.72 bits per heavy atom. The molecular weight excluding hydrogens is 274 g/mol. The quantitative estimate of drug-likeness (QED) is 0.865. The maximum Gasteiger partial charge on any atom is 0.243 e. The minimum absolute atomic E-state index is 0.0111. The predicted molar refractivity (Wildman–Crippen MR) is 67.5 cm³/mol. The van der Waals surface area contributed by atoms with E-state index in [0.717, 1.165) is 5.56 Å². The van der Waals surface area contributed by atoms with E-state index in [2.05, 4.69) is 14.7 Å². The van der Waals surface area contributed by atoms with E-state index < -0.39 is 10.0 Å². The van der Waals surface area contributed by atoms with E-state index >= 15 is 0 Å². The van der Waals surface area contributed by atoms with Crippen LogP contribution in [0.1, 0.15) is 5.56 Å². The van der Waals surface area contributed by atoms with E-state index in [1.54, 1.807) is 0 Å². The van der Waals surface area contributed by atoms with E-state index in [9.17, 15) is 8.42 Å². The van der Waals surface area contributed by atoms with Crippen LogP contribution < -0.4 is 4.72 Å². The third kappa shape index (κ3) is 3.25. The number of nitrogens with one attached hydrogen (secondary N) is 1. The normalized spacial score (nSPS) is 11.4. The Labute approximate surface area is 110 Å². The van der Waals surface area contributed by atoms with Gasteiger partial charge in [-0.2, -0.15) is 0 Å². The van der Waals surface area contributed by atoms with Crippen molar-refractivity contribution in [2.24, 2.45) is 0 Å². The Morgan fingerprint density at radius 1 is 1.11 bits per heavy atom. The summed E-state index contributed by atoms with van der Waals surface area (Å²) in [6, 6.07) is 9.22. The lowest BCUT2D eigenvalue weighted by atomic mass is 10.2. The second-order valence-corrected chi connectivity index (χ2v) is 5.60. The van der Waals surface area contributed by atoms with Gasteiger partial charge in [0.05, 0.1) is 12.4 Å². The second-order valence-electron chi connectivity index (χ2n) is 3.50. The second kappa shape index (κ2) is 5.43. The first-order chi connectivity index (χ1) is 8.58. The van der Waals surface area contributed by atoms with Gasteiger partial charge in [-0.3, -0.25) is 0 Å². The molecular formula is C11H10ClN3O2S. The highest BCUT2D eigenvalue weighted by Gasteiger charge is 2.14. The summed E-state index contributed by atoms with van der Waals surface area (Å²) in [6.45, 7) is 0.214. The maximum atomic E-state index is 11.9. The number of hydrogen-bond donors (Lipinski definition) is 1. The van der Waals surface area contributed by atoms with Crippen LogP contribution in [0, 0.1) is 0 Å². The number of hydrogen-bond acceptors (Lipinski definition) is 4.